The first kappa shape index (κ1) is 40.3. The Balaban J connectivity index is 1.04. The molecule has 0 heterocycles. The Kier molecular flexibility index (Phi) is 9.77. The Morgan fingerprint density at radius 1 is 0.217 bits per heavy atom. The smallest absolute Gasteiger partial charge is 0.0727 e. The fourth-order valence-electron chi connectivity index (χ4n) is 11.3. The third kappa shape index (κ3) is 6.56. The van der Waals surface area contributed by atoms with Crippen LogP contribution >= 0.6 is 0 Å². The highest BCUT2D eigenvalue weighted by molar-refractivity contribution is 6.03. The Morgan fingerprint density at radius 2 is 0.623 bits per heavy atom. The molecule has 1 spiro atoms. The molecule has 0 saturated heterocycles. The molecule has 2 aliphatic carbocycles. The van der Waals surface area contributed by atoms with Crippen molar-refractivity contribution in [2.75, 3.05) is 9.80 Å². The van der Waals surface area contributed by atoms with Crippen molar-refractivity contribution >= 4 is 34.1 Å². The maximum absolute atomic E-state index is 2.50. The van der Waals surface area contributed by atoms with Crippen LogP contribution in [-0.4, -0.2) is 0 Å². The molecule has 11 aromatic rings. The zero-order valence-corrected chi connectivity index (χ0v) is 38.0. The quantitative estimate of drug-likeness (QED) is 0.143. The third-order valence-electron chi connectivity index (χ3n) is 14.3. The molecule has 2 nitrogen and oxygen atoms in total. The second-order valence-electron chi connectivity index (χ2n) is 18.0. The molecule has 13 rings (SSSR count). The van der Waals surface area contributed by atoms with Crippen molar-refractivity contribution in [1.82, 2.24) is 0 Å². The van der Waals surface area contributed by atoms with Gasteiger partial charge in [-0.05, 0) is 127 Å². The van der Waals surface area contributed by atoms with Gasteiger partial charge in [-0.1, -0.05) is 218 Å². The van der Waals surface area contributed by atoms with Crippen LogP contribution in [0.5, 0.6) is 0 Å². The van der Waals surface area contributed by atoms with E-state index in [0.717, 1.165) is 34.1 Å². The summed E-state index contributed by atoms with van der Waals surface area (Å²) >= 11 is 0. The van der Waals surface area contributed by atoms with E-state index < -0.39 is 5.41 Å². The molecular formula is C67H46N2. The topological polar surface area (TPSA) is 6.48 Å². The van der Waals surface area contributed by atoms with Gasteiger partial charge in [0.25, 0.3) is 0 Å². The van der Waals surface area contributed by atoms with Crippen LogP contribution < -0.4 is 9.80 Å². The van der Waals surface area contributed by atoms with E-state index in [-0.39, 0.29) is 0 Å². The van der Waals surface area contributed by atoms with Gasteiger partial charge in [0.15, 0.2) is 0 Å². The van der Waals surface area contributed by atoms with Gasteiger partial charge >= 0.3 is 0 Å². The summed E-state index contributed by atoms with van der Waals surface area (Å²) < 4.78 is 0. The SMILES string of the molecule is c1ccc(-c2ccc(N(c3ccccc3)c3ccc4c(c3)C3(c5ccccc5-4)c4ccccc4-c4c(N(c5ccc(-c6ccccc6)cc5)c5ccccc5-c5ccccc5)cccc43)cc2)cc1. The van der Waals surface area contributed by atoms with Crippen LogP contribution in [-0.2, 0) is 5.41 Å². The summed E-state index contributed by atoms with van der Waals surface area (Å²) in [6, 6.07) is 102. The highest BCUT2D eigenvalue weighted by Crippen LogP contribution is 2.65. The molecule has 2 heteroatoms. The fourth-order valence-corrected chi connectivity index (χ4v) is 11.3. The van der Waals surface area contributed by atoms with Gasteiger partial charge in [0.1, 0.15) is 0 Å². The van der Waals surface area contributed by atoms with Crippen molar-refractivity contribution in [2.24, 2.45) is 0 Å². The van der Waals surface area contributed by atoms with E-state index in [1.165, 1.54) is 77.9 Å². The predicted molar refractivity (Wildman–Crippen MR) is 288 cm³/mol. The fraction of sp³-hybridized carbons (Fsp3) is 0.0149. The van der Waals surface area contributed by atoms with E-state index in [1.54, 1.807) is 0 Å². The minimum Gasteiger partial charge on any atom is -0.310 e. The normalized spacial score (nSPS) is 13.9. The predicted octanol–water partition coefficient (Wildman–Crippen LogP) is 18.0. The van der Waals surface area contributed by atoms with Gasteiger partial charge in [-0.2, -0.15) is 0 Å². The highest BCUT2D eigenvalue weighted by atomic mass is 15.2. The number of benzene rings is 11. The van der Waals surface area contributed by atoms with Crippen molar-refractivity contribution in [1.29, 1.82) is 0 Å². The molecule has 1 unspecified atom stereocenters. The molecule has 2 aliphatic rings. The number of nitrogens with zero attached hydrogens (tertiary/aromatic N) is 2. The lowest BCUT2D eigenvalue weighted by atomic mass is 9.70. The standard InChI is InChI=1S/C67H46N2/c1-5-20-47(21-6-1)49-36-40-53(41-37-49)68(52-26-11-4-12-27-52)55-44-45-58-57-29-13-16-31-60(57)67(63(58)46-55)61-32-17-14-30-59(61)66-62(67)33-19-35-65(66)69(54-42-38-50(39-43-54)48-22-7-2-8-23-48)64-34-18-15-28-56(64)51-24-9-3-10-25-51/h1-46H. The number of hydrogen-bond acceptors (Lipinski definition) is 2. The summed E-state index contributed by atoms with van der Waals surface area (Å²) in [6.45, 7) is 0. The van der Waals surface area contributed by atoms with Crippen molar-refractivity contribution in [3.8, 4) is 55.6 Å². The van der Waals surface area contributed by atoms with Crippen molar-refractivity contribution < 1.29 is 0 Å². The average molecular weight is 879 g/mol. The minimum absolute atomic E-state index is 0.592. The van der Waals surface area contributed by atoms with Crippen LogP contribution in [0.15, 0.2) is 279 Å². The number of fused-ring (bicyclic) bond motifs is 10. The van der Waals surface area contributed by atoms with Gasteiger partial charge in [-0.3, -0.25) is 0 Å². The molecular weight excluding hydrogens is 833 g/mol. The number of anilines is 6. The second kappa shape index (κ2) is 16.7. The summed E-state index contributed by atoms with van der Waals surface area (Å²) in [5.41, 5.74) is 23.4. The molecule has 0 N–H and O–H groups in total. The largest absolute Gasteiger partial charge is 0.310 e. The van der Waals surface area contributed by atoms with Crippen LogP contribution in [0.1, 0.15) is 22.3 Å². The molecule has 11 aromatic carbocycles. The molecule has 0 amide bonds. The Morgan fingerprint density at radius 3 is 1.25 bits per heavy atom. The van der Waals surface area contributed by atoms with E-state index >= 15 is 0 Å². The molecule has 1 atom stereocenters. The van der Waals surface area contributed by atoms with Crippen LogP contribution in [0.25, 0.3) is 55.6 Å². The first-order valence-electron chi connectivity index (χ1n) is 23.8. The lowest BCUT2D eigenvalue weighted by molar-refractivity contribution is 0.793. The van der Waals surface area contributed by atoms with E-state index in [9.17, 15) is 0 Å². The third-order valence-corrected chi connectivity index (χ3v) is 14.3. The molecule has 69 heavy (non-hydrogen) atoms. The molecule has 0 aromatic heterocycles. The maximum atomic E-state index is 2.50. The molecule has 0 saturated carbocycles. The summed E-state index contributed by atoms with van der Waals surface area (Å²) in [5, 5.41) is 0. The van der Waals surface area contributed by atoms with E-state index in [4.69, 9.17) is 0 Å². The average Bonchev–Trinajstić information content (AvgIpc) is 3.90. The zero-order valence-electron chi connectivity index (χ0n) is 38.0. The molecule has 0 bridgehead atoms. The first-order valence-corrected chi connectivity index (χ1v) is 23.8. The van der Waals surface area contributed by atoms with Gasteiger partial charge in [0.05, 0.1) is 16.8 Å². The van der Waals surface area contributed by atoms with Crippen LogP contribution in [0.3, 0.4) is 0 Å². The lowest BCUT2D eigenvalue weighted by Crippen LogP contribution is -2.26. The Bertz CT molecular complexity index is 3640. The van der Waals surface area contributed by atoms with Crippen LogP contribution in [0, 0.1) is 0 Å². The van der Waals surface area contributed by atoms with Crippen molar-refractivity contribution in [3.05, 3.63) is 301 Å². The van der Waals surface area contributed by atoms with Gasteiger partial charge < -0.3 is 9.80 Å². The molecule has 0 fully saturated rings. The summed E-state index contributed by atoms with van der Waals surface area (Å²) in [7, 11) is 0. The van der Waals surface area contributed by atoms with Gasteiger partial charge in [0, 0.05) is 33.9 Å². The number of para-hydroxylation sites is 2. The number of hydrogen-bond donors (Lipinski definition) is 0. The molecule has 0 aliphatic heterocycles. The number of rotatable bonds is 9. The first-order chi connectivity index (χ1) is 34.3. The van der Waals surface area contributed by atoms with Crippen molar-refractivity contribution in [2.45, 2.75) is 5.41 Å². The monoisotopic (exact) mass is 878 g/mol. The molecule has 324 valence electrons. The highest BCUT2D eigenvalue weighted by Gasteiger charge is 2.52. The van der Waals surface area contributed by atoms with E-state index in [0.29, 0.717) is 0 Å². The Hall–Kier alpha value is -8.98. The zero-order chi connectivity index (χ0) is 45.7. The minimum atomic E-state index is -0.592. The van der Waals surface area contributed by atoms with Gasteiger partial charge in [-0.25, -0.2) is 0 Å². The molecule has 0 radical (unpaired) electrons. The van der Waals surface area contributed by atoms with Crippen molar-refractivity contribution in [3.63, 3.8) is 0 Å². The lowest BCUT2D eigenvalue weighted by Gasteiger charge is -2.33. The van der Waals surface area contributed by atoms with E-state index in [2.05, 4.69) is 289 Å². The summed E-state index contributed by atoms with van der Waals surface area (Å²) in [4.78, 5) is 4.91. The van der Waals surface area contributed by atoms with Crippen LogP contribution in [0.4, 0.5) is 34.1 Å². The van der Waals surface area contributed by atoms with Gasteiger partial charge in [0.2, 0.25) is 0 Å². The Labute approximate surface area is 404 Å². The van der Waals surface area contributed by atoms with Gasteiger partial charge in [-0.15, -0.1) is 0 Å². The second-order valence-corrected chi connectivity index (χ2v) is 18.0. The summed E-state index contributed by atoms with van der Waals surface area (Å²) in [6.07, 6.45) is 0. The summed E-state index contributed by atoms with van der Waals surface area (Å²) in [5.74, 6) is 0. The maximum Gasteiger partial charge on any atom is 0.0727 e. The van der Waals surface area contributed by atoms with Crippen LogP contribution in [0.2, 0.25) is 0 Å². The van der Waals surface area contributed by atoms with E-state index in [1.807, 2.05) is 0 Å².